The van der Waals surface area contributed by atoms with Crippen LogP contribution >= 0.6 is 11.3 Å². The molecular weight excluding hydrogens is 264 g/mol. The monoisotopic (exact) mass is 282 g/mol. The van der Waals surface area contributed by atoms with E-state index in [-0.39, 0.29) is 6.04 Å². The average Bonchev–Trinajstić information content (AvgIpc) is 2.90. The van der Waals surface area contributed by atoms with Crippen molar-refractivity contribution < 1.29 is 0 Å². The van der Waals surface area contributed by atoms with Crippen LogP contribution in [0.3, 0.4) is 0 Å². The topological polar surface area (TPSA) is 38.9 Å². The molecule has 1 atom stereocenters. The summed E-state index contributed by atoms with van der Waals surface area (Å²) in [5, 5.41) is 3.61. The Balaban J connectivity index is 1.63. The van der Waals surface area contributed by atoms with Gasteiger partial charge in [0.1, 0.15) is 0 Å². The van der Waals surface area contributed by atoms with Crippen LogP contribution in [0.25, 0.3) is 10.1 Å². The van der Waals surface area contributed by atoms with Crippen molar-refractivity contribution in [1.29, 1.82) is 0 Å². The fourth-order valence-electron chi connectivity index (χ4n) is 2.48. The molecular formula is C17H18N2S. The first kappa shape index (κ1) is 13.3. The van der Waals surface area contributed by atoms with Gasteiger partial charge in [0.2, 0.25) is 0 Å². The molecule has 3 aromatic rings. The molecule has 0 saturated heterocycles. The lowest BCUT2D eigenvalue weighted by Crippen LogP contribution is -2.23. The maximum Gasteiger partial charge on any atom is 0.0345 e. The summed E-state index contributed by atoms with van der Waals surface area (Å²) in [4.78, 5) is 4.04. The van der Waals surface area contributed by atoms with Crippen molar-refractivity contribution in [2.45, 2.75) is 25.3 Å². The van der Waals surface area contributed by atoms with E-state index < -0.39 is 0 Å². The highest BCUT2D eigenvalue weighted by Gasteiger charge is 2.09. The molecule has 0 radical (unpaired) electrons. The van der Waals surface area contributed by atoms with Crippen molar-refractivity contribution in [3.8, 4) is 0 Å². The van der Waals surface area contributed by atoms with Gasteiger partial charge in [-0.05, 0) is 59.4 Å². The van der Waals surface area contributed by atoms with E-state index in [0.717, 1.165) is 19.3 Å². The summed E-state index contributed by atoms with van der Waals surface area (Å²) >= 11 is 1.81. The van der Waals surface area contributed by atoms with Crippen LogP contribution in [0.5, 0.6) is 0 Å². The summed E-state index contributed by atoms with van der Waals surface area (Å²) in [6, 6.07) is 12.9. The minimum Gasteiger partial charge on any atom is -0.327 e. The van der Waals surface area contributed by atoms with Gasteiger partial charge < -0.3 is 5.73 Å². The molecule has 20 heavy (non-hydrogen) atoms. The highest BCUT2D eigenvalue weighted by molar-refractivity contribution is 7.17. The molecule has 0 saturated carbocycles. The maximum absolute atomic E-state index is 6.29. The molecule has 2 nitrogen and oxygen atoms in total. The summed E-state index contributed by atoms with van der Waals surface area (Å²) in [6.07, 6.45) is 6.66. The SMILES string of the molecule is NC(CCc1ccncc1)Cc1csc2ccccc12. The summed E-state index contributed by atoms with van der Waals surface area (Å²) < 4.78 is 1.35. The van der Waals surface area contributed by atoms with Gasteiger partial charge in [-0.3, -0.25) is 4.98 Å². The van der Waals surface area contributed by atoms with E-state index in [0.29, 0.717) is 0 Å². The number of benzene rings is 1. The van der Waals surface area contributed by atoms with Crippen LogP contribution < -0.4 is 5.73 Å². The van der Waals surface area contributed by atoms with Crippen LogP contribution in [0.2, 0.25) is 0 Å². The highest BCUT2D eigenvalue weighted by Crippen LogP contribution is 2.26. The molecule has 3 heteroatoms. The molecule has 0 fully saturated rings. The van der Waals surface area contributed by atoms with E-state index in [1.807, 2.05) is 12.4 Å². The molecule has 1 unspecified atom stereocenters. The lowest BCUT2D eigenvalue weighted by molar-refractivity contribution is 0.612. The Labute approximate surface area is 123 Å². The van der Waals surface area contributed by atoms with Crippen LogP contribution in [0, 0.1) is 0 Å². The Bertz CT molecular complexity index is 676. The van der Waals surface area contributed by atoms with Gasteiger partial charge in [0, 0.05) is 23.1 Å². The lowest BCUT2D eigenvalue weighted by Gasteiger charge is -2.11. The average molecular weight is 282 g/mol. The van der Waals surface area contributed by atoms with E-state index in [1.165, 1.54) is 21.2 Å². The first-order valence-electron chi connectivity index (χ1n) is 6.92. The second kappa shape index (κ2) is 6.16. The van der Waals surface area contributed by atoms with Crippen LogP contribution in [0.15, 0.2) is 54.2 Å². The fraction of sp³-hybridized carbons (Fsp3) is 0.235. The van der Waals surface area contributed by atoms with Crippen molar-refractivity contribution in [3.05, 3.63) is 65.3 Å². The number of aryl methyl sites for hydroxylation is 1. The summed E-state index contributed by atoms with van der Waals surface area (Å²) in [5.41, 5.74) is 8.99. The first-order valence-corrected chi connectivity index (χ1v) is 7.80. The Morgan fingerprint density at radius 1 is 1.10 bits per heavy atom. The highest BCUT2D eigenvalue weighted by atomic mass is 32.1. The second-order valence-electron chi connectivity index (χ2n) is 5.12. The lowest BCUT2D eigenvalue weighted by atomic mass is 10.00. The molecule has 0 bridgehead atoms. The third kappa shape index (κ3) is 3.06. The Hall–Kier alpha value is -1.71. The van der Waals surface area contributed by atoms with Crippen LogP contribution in [0.4, 0.5) is 0 Å². The summed E-state index contributed by atoms with van der Waals surface area (Å²) in [6.45, 7) is 0. The number of nitrogens with two attached hydrogens (primary N) is 1. The van der Waals surface area contributed by atoms with Crippen LogP contribution in [-0.4, -0.2) is 11.0 Å². The van der Waals surface area contributed by atoms with Crippen molar-refractivity contribution in [1.82, 2.24) is 4.98 Å². The molecule has 102 valence electrons. The number of pyridine rings is 1. The number of hydrogen-bond donors (Lipinski definition) is 1. The van der Waals surface area contributed by atoms with E-state index in [9.17, 15) is 0 Å². The molecule has 2 heterocycles. The van der Waals surface area contributed by atoms with Gasteiger partial charge in [0.05, 0.1) is 0 Å². The molecule has 0 amide bonds. The molecule has 0 aliphatic heterocycles. The van der Waals surface area contributed by atoms with Crippen molar-refractivity contribution in [2.24, 2.45) is 5.73 Å². The zero-order valence-corrected chi connectivity index (χ0v) is 12.1. The van der Waals surface area contributed by atoms with E-state index >= 15 is 0 Å². The quantitative estimate of drug-likeness (QED) is 0.773. The maximum atomic E-state index is 6.29. The number of thiophene rings is 1. The normalized spacial score (nSPS) is 12.7. The smallest absolute Gasteiger partial charge is 0.0345 e. The Morgan fingerprint density at radius 3 is 2.75 bits per heavy atom. The summed E-state index contributed by atoms with van der Waals surface area (Å²) in [5.74, 6) is 0. The Kier molecular flexibility index (Phi) is 4.09. The fourth-order valence-corrected chi connectivity index (χ4v) is 3.45. The number of fused-ring (bicyclic) bond motifs is 1. The zero-order chi connectivity index (χ0) is 13.8. The first-order chi connectivity index (χ1) is 9.83. The molecule has 0 aliphatic carbocycles. The second-order valence-corrected chi connectivity index (χ2v) is 6.03. The van der Waals surface area contributed by atoms with Gasteiger partial charge in [-0.15, -0.1) is 11.3 Å². The molecule has 3 rings (SSSR count). The minimum atomic E-state index is 0.209. The molecule has 2 N–H and O–H groups in total. The minimum absolute atomic E-state index is 0.209. The standard InChI is InChI=1S/C17H18N2S/c18-15(6-5-13-7-9-19-10-8-13)11-14-12-20-17-4-2-1-3-16(14)17/h1-4,7-10,12,15H,5-6,11,18H2. The third-order valence-corrected chi connectivity index (χ3v) is 4.61. The van der Waals surface area contributed by atoms with Crippen molar-refractivity contribution in [3.63, 3.8) is 0 Å². The predicted molar refractivity (Wildman–Crippen MR) is 86.1 cm³/mol. The number of aromatic nitrogens is 1. The van der Waals surface area contributed by atoms with Crippen molar-refractivity contribution in [2.75, 3.05) is 0 Å². The van der Waals surface area contributed by atoms with Gasteiger partial charge >= 0.3 is 0 Å². The van der Waals surface area contributed by atoms with E-state index in [1.54, 1.807) is 11.3 Å². The zero-order valence-electron chi connectivity index (χ0n) is 11.3. The molecule has 0 aliphatic rings. The van der Waals surface area contributed by atoms with Gasteiger partial charge in [-0.1, -0.05) is 18.2 Å². The van der Waals surface area contributed by atoms with Gasteiger partial charge in [-0.2, -0.15) is 0 Å². The van der Waals surface area contributed by atoms with E-state index in [4.69, 9.17) is 5.73 Å². The van der Waals surface area contributed by atoms with Crippen LogP contribution in [0.1, 0.15) is 17.5 Å². The number of rotatable bonds is 5. The Morgan fingerprint density at radius 2 is 1.90 bits per heavy atom. The largest absolute Gasteiger partial charge is 0.327 e. The molecule has 2 aromatic heterocycles. The van der Waals surface area contributed by atoms with E-state index in [2.05, 4.69) is 46.8 Å². The summed E-state index contributed by atoms with van der Waals surface area (Å²) in [7, 11) is 0. The van der Waals surface area contributed by atoms with Crippen molar-refractivity contribution >= 4 is 21.4 Å². The van der Waals surface area contributed by atoms with Gasteiger partial charge in [0.25, 0.3) is 0 Å². The van der Waals surface area contributed by atoms with Crippen LogP contribution in [-0.2, 0) is 12.8 Å². The van der Waals surface area contributed by atoms with Gasteiger partial charge in [-0.25, -0.2) is 0 Å². The third-order valence-electron chi connectivity index (χ3n) is 3.60. The molecule has 1 aromatic carbocycles. The number of nitrogens with zero attached hydrogens (tertiary/aromatic N) is 1. The predicted octanol–water partition coefficient (Wildman–Crippen LogP) is 3.80. The van der Waals surface area contributed by atoms with Gasteiger partial charge in [0.15, 0.2) is 0 Å². The molecule has 0 spiro atoms. The number of hydrogen-bond acceptors (Lipinski definition) is 3.